The summed E-state index contributed by atoms with van der Waals surface area (Å²) in [5.41, 5.74) is 3.25. The second-order valence-electron chi connectivity index (χ2n) is 6.05. The Kier molecular flexibility index (Phi) is 4.44. The second kappa shape index (κ2) is 7.03. The number of fused-ring (bicyclic) bond motifs is 1. The van der Waals surface area contributed by atoms with Gasteiger partial charge >= 0.3 is 0 Å². The van der Waals surface area contributed by atoms with Crippen molar-refractivity contribution in [3.63, 3.8) is 0 Å². The average molecular weight is 323 g/mol. The first kappa shape index (κ1) is 15.2. The summed E-state index contributed by atoms with van der Waals surface area (Å²) in [6.07, 6.45) is 3.93. The number of pyridine rings is 1. The summed E-state index contributed by atoms with van der Waals surface area (Å²) in [5, 5.41) is 1.14. The summed E-state index contributed by atoms with van der Waals surface area (Å²) in [6.45, 7) is 3.65. The van der Waals surface area contributed by atoms with Gasteiger partial charge in [0.15, 0.2) is 0 Å². The number of anilines is 1. The maximum atomic E-state index is 5.85. The molecule has 0 radical (unpaired) electrons. The van der Waals surface area contributed by atoms with Gasteiger partial charge in [-0.15, -0.1) is 0 Å². The van der Waals surface area contributed by atoms with Crippen molar-refractivity contribution < 1.29 is 9.47 Å². The molecule has 1 aliphatic rings. The largest absolute Gasteiger partial charge is 0.374 e. The maximum Gasteiger partial charge on any atom is 0.137 e. The van der Waals surface area contributed by atoms with E-state index >= 15 is 0 Å². The van der Waals surface area contributed by atoms with Crippen molar-refractivity contribution >= 4 is 16.7 Å². The van der Waals surface area contributed by atoms with Crippen LogP contribution in [0.4, 0.5) is 5.69 Å². The first-order valence-corrected chi connectivity index (χ1v) is 8.30. The van der Waals surface area contributed by atoms with Gasteiger partial charge in [0, 0.05) is 24.7 Å². The number of hydrogen-bond donors (Lipinski definition) is 1. The first-order valence-electron chi connectivity index (χ1n) is 8.30. The van der Waals surface area contributed by atoms with Crippen molar-refractivity contribution in [2.75, 3.05) is 31.2 Å². The first-order chi connectivity index (χ1) is 11.9. The van der Waals surface area contributed by atoms with Crippen molar-refractivity contribution in [2.24, 2.45) is 0 Å². The third kappa shape index (κ3) is 3.42. The minimum Gasteiger partial charge on any atom is -0.374 e. The quantitative estimate of drug-likeness (QED) is 0.784. The Morgan fingerprint density at radius 1 is 1.25 bits per heavy atom. The van der Waals surface area contributed by atoms with E-state index in [1.165, 1.54) is 5.56 Å². The highest BCUT2D eigenvalue weighted by molar-refractivity contribution is 5.79. The fourth-order valence-corrected chi connectivity index (χ4v) is 3.04. The van der Waals surface area contributed by atoms with Crippen molar-refractivity contribution in [3.8, 4) is 0 Å². The van der Waals surface area contributed by atoms with Gasteiger partial charge in [0.05, 0.1) is 37.8 Å². The maximum absolute atomic E-state index is 5.85. The van der Waals surface area contributed by atoms with Gasteiger partial charge in [-0.1, -0.05) is 30.3 Å². The summed E-state index contributed by atoms with van der Waals surface area (Å²) in [6, 6.07) is 14.4. The molecule has 24 heavy (non-hydrogen) atoms. The molecule has 3 aromatic rings. The molecule has 124 valence electrons. The molecular formula is C19H21N3O2. The number of aromatic nitrogens is 2. The molecule has 5 nitrogen and oxygen atoms in total. The van der Waals surface area contributed by atoms with Gasteiger partial charge in [0.25, 0.3) is 0 Å². The molecule has 3 heterocycles. The Morgan fingerprint density at radius 2 is 2.17 bits per heavy atom. The Balaban J connectivity index is 1.35. The molecule has 4 rings (SSSR count). The molecule has 1 aliphatic heterocycles. The van der Waals surface area contributed by atoms with Gasteiger partial charge in [-0.25, -0.2) is 4.98 Å². The minimum absolute atomic E-state index is 0.0874. The molecule has 2 aromatic heterocycles. The lowest BCUT2D eigenvalue weighted by atomic mass is 10.2. The predicted molar refractivity (Wildman–Crippen MR) is 94.1 cm³/mol. The summed E-state index contributed by atoms with van der Waals surface area (Å²) in [5.74, 6) is 0. The van der Waals surface area contributed by atoms with Crippen molar-refractivity contribution in [1.82, 2.24) is 9.97 Å². The zero-order valence-electron chi connectivity index (χ0n) is 13.5. The van der Waals surface area contributed by atoms with Gasteiger partial charge in [-0.2, -0.15) is 0 Å². The zero-order chi connectivity index (χ0) is 16.2. The Labute approximate surface area is 141 Å². The lowest BCUT2D eigenvalue weighted by Gasteiger charge is -2.34. The van der Waals surface area contributed by atoms with Crippen molar-refractivity contribution in [3.05, 3.63) is 60.4 Å². The monoisotopic (exact) mass is 323 g/mol. The Morgan fingerprint density at radius 3 is 3.08 bits per heavy atom. The highest BCUT2D eigenvalue weighted by atomic mass is 16.5. The number of nitrogens with one attached hydrogen (secondary N) is 1. The minimum atomic E-state index is 0.0874. The van der Waals surface area contributed by atoms with Crippen molar-refractivity contribution in [2.45, 2.75) is 12.7 Å². The van der Waals surface area contributed by atoms with Crippen LogP contribution in [-0.4, -0.2) is 42.4 Å². The number of aromatic amines is 1. The van der Waals surface area contributed by atoms with Crippen LogP contribution >= 0.6 is 0 Å². The van der Waals surface area contributed by atoms with Crippen LogP contribution in [0, 0.1) is 0 Å². The van der Waals surface area contributed by atoms with E-state index in [0.29, 0.717) is 19.8 Å². The van der Waals surface area contributed by atoms with Crippen LogP contribution in [0.5, 0.6) is 0 Å². The molecule has 1 fully saturated rings. The molecule has 0 bridgehead atoms. The van der Waals surface area contributed by atoms with E-state index in [4.69, 9.17) is 9.47 Å². The molecule has 0 amide bonds. The molecule has 1 saturated heterocycles. The smallest absolute Gasteiger partial charge is 0.137 e. The number of morpholine rings is 1. The normalized spacial score (nSPS) is 18.2. The van der Waals surface area contributed by atoms with Crippen LogP contribution in [-0.2, 0) is 16.1 Å². The fourth-order valence-electron chi connectivity index (χ4n) is 3.04. The highest BCUT2D eigenvalue weighted by Gasteiger charge is 2.21. The van der Waals surface area contributed by atoms with Gasteiger partial charge in [-0.3, -0.25) is 0 Å². The van der Waals surface area contributed by atoms with Crippen LogP contribution in [0.1, 0.15) is 5.56 Å². The fraction of sp³-hybridized carbons (Fsp3) is 0.316. The van der Waals surface area contributed by atoms with E-state index in [1.54, 1.807) is 0 Å². The second-order valence-corrected chi connectivity index (χ2v) is 6.05. The van der Waals surface area contributed by atoms with E-state index in [1.807, 2.05) is 36.7 Å². The van der Waals surface area contributed by atoms with E-state index in [9.17, 15) is 0 Å². The topological polar surface area (TPSA) is 50.4 Å². The summed E-state index contributed by atoms with van der Waals surface area (Å²) in [4.78, 5) is 9.92. The molecule has 1 N–H and O–H groups in total. The summed E-state index contributed by atoms with van der Waals surface area (Å²) < 4.78 is 11.7. The lowest BCUT2D eigenvalue weighted by Crippen LogP contribution is -2.44. The molecule has 5 heteroatoms. The number of H-pyrrole nitrogens is 1. The van der Waals surface area contributed by atoms with Crippen LogP contribution in [0.2, 0.25) is 0 Å². The number of benzene rings is 1. The van der Waals surface area contributed by atoms with Crippen LogP contribution in [0.15, 0.2) is 54.9 Å². The summed E-state index contributed by atoms with van der Waals surface area (Å²) in [7, 11) is 0. The van der Waals surface area contributed by atoms with Gasteiger partial charge < -0.3 is 19.4 Å². The zero-order valence-corrected chi connectivity index (χ0v) is 13.5. The molecule has 1 unspecified atom stereocenters. The van der Waals surface area contributed by atoms with Gasteiger partial charge in [0.1, 0.15) is 5.65 Å². The van der Waals surface area contributed by atoms with E-state index < -0.39 is 0 Å². The average Bonchev–Trinajstić information content (AvgIpc) is 3.11. The lowest BCUT2D eigenvalue weighted by molar-refractivity contribution is -0.0283. The number of nitrogens with zero attached hydrogens (tertiary/aromatic N) is 2. The molecule has 1 aromatic carbocycles. The number of hydrogen-bond acceptors (Lipinski definition) is 4. The Hall–Kier alpha value is -2.37. The number of rotatable bonds is 5. The molecule has 0 aliphatic carbocycles. The van der Waals surface area contributed by atoms with E-state index in [2.05, 4.69) is 33.1 Å². The van der Waals surface area contributed by atoms with Crippen LogP contribution in [0.25, 0.3) is 11.0 Å². The van der Waals surface area contributed by atoms with E-state index in [-0.39, 0.29) is 6.10 Å². The number of ether oxygens (including phenoxy) is 2. The Bertz CT molecular complexity index is 787. The predicted octanol–water partition coefficient (Wildman–Crippen LogP) is 2.98. The molecular weight excluding hydrogens is 302 g/mol. The third-order valence-electron chi connectivity index (χ3n) is 4.30. The van der Waals surface area contributed by atoms with Crippen molar-refractivity contribution in [1.29, 1.82) is 0 Å². The highest BCUT2D eigenvalue weighted by Crippen LogP contribution is 2.21. The SMILES string of the molecule is c1ccc(COCC2CN(c3cnc4[nH]ccc4c3)CCO2)cc1. The van der Waals surface area contributed by atoms with E-state index in [0.717, 1.165) is 29.8 Å². The molecule has 0 spiro atoms. The molecule has 0 saturated carbocycles. The van der Waals surface area contributed by atoms with Gasteiger partial charge in [0.2, 0.25) is 0 Å². The van der Waals surface area contributed by atoms with Gasteiger partial charge in [-0.05, 0) is 17.7 Å². The summed E-state index contributed by atoms with van der Waals surface area (Å²) >= 11 is 0. The standard InChI is InChI=1S/C19H21N3O2/c1-2-4-15(5-3-1)13-23-14-18-12-22(8-9-24-18)17-10-16-6-7-20-19(16)21-11-17/h1-7,10-11,18H,8-9,12-14H2,(H,20,21). The third-order valence-corrected chi connectivity index (χ3v) is 4.30. The molecule has 1 atom stereocenters. The van der Waals surface area contributed by atoms with Crippen LogP contribution in [0.3, 0.4) is 0 Å². The van der Waals surface area contributed by atoms with Crippen LogP contribution < -0.4 is 4.90 Å².